The number of carbonyl (C=O) groups excluding carboxylic acids is 1. The molecule has 1 aliphatic heterocycles. The van der Waals surface area contributed by atoms with Crippen molar-refractivity contribution in [1.29, 1.82) is 0 Å². The zero-order valence-electron chi connectivity index (χ0n) is 18.3. The van der Waals surface area contributed by atoms with Crippen molar-refractivity contribution < 1.29 is 4.79 Å². The van der Waals surface area contributed by atoms with Crippen LogP contribution in [0.25, 0.3) is 11.4 Å². The maximum absolute atomic E-state index is 13.3. The van der Waals surface area contributed by atoms with Crippen molar-refractivity contribution in [2.75, 3.05) is 5.75 Å². The molecule has 3 aromatic heterocycles. The summed E-state index contributed by atoms with van der Waals surface area (Å²) < 4.78 is 2.06. The van der Waals surface area contributed by atoms with Crippen LogP contribution < -0.4 is 0 Å². The Morgan fingerprint density at radius 2 is 1.97 bits per heavy atom. The Bertz CT molecular complexity index is 1280. The van der Waals surface area contributed by atoms with Gasteiger partial charge in [-0.15, -0.1) is 32.9 Å². The number of hydrogen-bond donors (Lipinski definition) is 0. The first kappa shape index (κ1) is 22.1. The second-order valence-corrected chi connectivity index (χ2v) is 10.6. The average molecular weight is 494 g/mol. The van der Waals surface area contributed by atoms with E-state index in [1.807, 2.05) is 35.0 Å². The lowest BCUT2D eigenvalue weighted by Crippen LogP contribution is -2.28. The summed E-state index contributed by atoms with van der Waals surface area (Å²) in [6.45, 7) is 4.87. The van der Waals surface area contributed by atoms with Crippen LogP contribution in [0.4, 0.5) is 0 Å². The molecule has 6 nitrogen and oxygen atoms in total. The van der Waals surface area contributed by atoms with Gasteiger partial charge in [0.25, 0.3) is 5.91 Å². The number of hydrogen-bond acceptors (Lipinski definition) is 7. The van der Waals surface area contributed by atoms with E-state index < -0.39 is 0 Å². The van der Waals surface area contributed by atoms with E-state index in [1.54, 1.807) is 27.7 Å². The molecule has 33 heavy (non-hydrogen) atoms. The van der Waals surface area contributed by atoms with Crippen LogP contribution in [0, 0.1) is 6.92 Å². The molecule has 1 amide bonds. The summed E-state index contributed by atoms with van der Waals surface area (Å²) in [7, 11) is 0. The zero-order valence-corrected chi connectivity index (χ0v) is 20.8. The molecular formula is C24H23N5OS3. The van der Waals surface area contributed by atoms with Gasteiger partial charge in [0.1, 0.15) is 0 Å². The first-order chi connectivity index (χ1) is 16.1. The molecule has 0 bridgehead atoms. The van der Waals surface area contributed by atoms with Crippen LogP contribution in [0.5, 0.6) is 0 Å². The predicted octanol–water partition coefficient (Wildman–Crippen LogP) is 5.87. The van der Waals surface area contributed by atoms with E-state index in [9.17, 15) is 4.79 Å². The van der Waals surface area contributed by atoms with Crippen molar-refractivity contribution >= 4 is 46.1 Å². The minimum Gasteiger partial charge on any atom is -0.302 e. The summed E-state index contributed by atoms with van der Waals surface area (Å²) in [6.07, 6.45) is 0.736. The first-order valence-corrected chi connectivity index (χ1v) is 13.5. The molecule has 0 aliphatic carbocycles. The normalized spacial score (nSPS) is 15.8. The van der Waals surface area contributed by atoms with Crippen LogP contribution in [-0.2, 0) is 11.3 Å². The number of benzene rings is 1. The molecule has 1 atom stereocenters. The van der Waals surface area contributed by atoms with Gasteiger partial charge < -0.3 is 4.57 Å². The van der Waals surface area contributed by atoms with Crippen LogP contribution >= 0.6 is 34.4 Å². The van der Waals surface area contributed by atoms with Crippen molar-refractivity contribution in [2.24, 2.45) is 5.10 Å². The highest BCUT2D eigenvalue weighted by atomic mass is 32.2. The van der Waals surface area contributed by atoms with E-state index in [0.29, 0.717) is 0 Å². The standard InChI is InChI=1S/C24H23N5OS3/c1-3-28-23(17-8-4-7-16(2)13-17)25-26-24(28)33-15-22(30)29-19(21-10-6-12-32-21)14-18(27-29)20-9-5-11-31-20/h4-13,19H,3,14-15H2,1-2H3. The molecule has 4 aromatic rings. The van der Waals surface area contributed by atoms with Crippen molar-refractivity contribution in [3.63, 3.8) is 0 Å². The summed E-state index contributed by atoms with van der Waals surface area (Å²) in [4.78, 5) is 15.6. The molecule has 0 radical (unpaired) electrons. The van der Waals surface area contributed by atoms with Crippen molar-refractivity contribution in [3.8, 4) is 11.4 Å². The van der Waals surface area contributed by atoms with Gasteiger partial charge in [-0.05, 0) is 42.8 Å². The van der Waals surface area contributed by atoms with Crippen LogP contribution in [0.15, 0.2) is 69.5 Å². The molecule has 0 saturated heterocycles. The van der Waals surface area contributed by atoms with Crippen LogP contribution in [-0.4, -0.2) is 37.1 Å². The van der Waals surface area contributed by atoms with E-state index in [2.05, 4.69) is 52.9 Å². The SMILES string of the molecule is CCn1c(SCC(=O)N2N=C(c3cccs3)CC2c2cccs2)nnc1-c1cccc(C)c1. The van der Waals surface area contributed by atoms with E-state index in [1.165, 1.54) is 17.3 Å². The Morgan fingerprint density at radius 3 is 2.70 bits per heavy atom. The van der Waals surface area contributed by atoms with Crippen LogP contribution in [0.3, 0.4) is 0 Å². The molecule has 0 N–H and O–H groups in total. The number of thioether (sulfide) groups is 1. The smallest absolute Gasteiger partial charge is 0.253 e. The molecule has 4 heterocycles. The third-order valence-corrected chi connectivity index (χ3v) is 8.32. The number of amides is 1. The number of nitrogens with zero attached hydrogens (tertiary/aromatic N) is 5. The van der Waals surface area contributed by atoms with E-state index in [-0.39, 0.29) is 17.7 Å². The summed E-state index contributed by atoms with van der Waals surface area (Å²) in [5, 5.41) is 20.1. The molecule has 9 heteroatoms. The Balaban J connectivity index is 1.35. The first-order valence-electron chi connectivity index (χ1n) is 10.7. The molecule has 0 saturated carbocycles. The van der Waals surface area contributed by atoms with Gasteiger partial charge in [-0.2, -0.15) is 5.10 Å². The molecule has 1 unspecified atom stereocenters. The molecule has 0 spiro atoms. The maximum Gasteiger partial charge on any atom is 0.253 e. The lowest BCUT2D eigenvalue weighted by molar-refractivity contribution is -0.130. The van der Waals surface area contributed by atoms with Gasteiger partial charge in [-0.1, -0.05) is 47.7 Å². The number of carbonyl (C=O) groups is 1. The molecule has 1 aliphatic rings. The largest absolute Gasteiger partial charge is 0.302 e. The molecular weight excluding hydrogens is 470 g/mol. The van der Waals surface area contributed by atoms with Gasteiger partial charge in [-0.25, -0.2) is 5.01 Å². The topological polar surface area (TPSA) is 63.4 Å². The maximum atomic E-state index is 13.3. The minimum atomic E-state index is -0.0536. The Kier molecular flexibility index (Phi) is 6.43. The second-order valence-electron chi connectivity index (χ2n) is 7.71. The van der Waals surface area contributed by atoms with Gasteiger partial charge in [-0.3, -0.25) is 4.79 Å². The highest BCUT2D eigenvalue weighted by Crippen LogP contribution is 2.36. The van der Waals surface area contributed by atoms with Crippen molar-refractivity contribution in [3.05, 3.63) is 74.6 Å². The van der Waals surface area contributed by atoms with Crippen molar-refractivity contribution in [1.82, 2.24) is 19.8 Å². The highest BCUT2D eigenvalue weighted by molar-refractivity contribution is 7.99. The Hall–Kier alpha value is -2.75. The number of aryl methyl sites for hydroxylation is 1. The zero-order chi connectivity index (χ0) is 22.8. The molecule has 168 valence electrons. The van der Waals surface area contributed by atoms with Gasteiger partial charge in [0, 0.05) is 23.4 Å². The lowest BCUT2D eigenvalue weighted by atomic mass is 10.1. The molecule has 0 fully saturated rings. The van der Waals surface area contributed by atoms with Crippen molar-refractivity contribution in [2.45, 2.75) is 38.0 Å². The number of hydrazone groups is 1. The summed E-state index contributed by atoms with van der Waals surface area (Å²) in [5.74, 6) is 1.06. The minimum absolute atomic E-state index is 0.0206. The Morgan fingerprint density at radius 1 is 1.12 bits per heavy atom. The molecule has 5 rings (SSSR count). The number of thiophene rings is 2. The summed E-state index contributed by atoms with van der Waals surface area (Å²) in [5.41, 5.74) is 3.18. The monoisotopic (exact) mass is 493 g/mol. The van der Waals surface area contributed by atoms with Gasteiger partial charge in [0.05, 0.1) is 22.4 Å². The third kappa shape index (κ3) is 4.53. The highest BCUT2D eigenvalue weighted by Gasteiger charge is 2.34. The fraction of sp³-hybridized carbons (Fsp3) is 0.250. The second kappa shape index (κ2) is 9.62. The average Bonchev–Trinajstić information content (AvgIpc) is 3.62. The summed E-state index contributed by atoms with van der Waals surface area (Å²) >= 11 is 4.74. The van der Waals surface area contributed by atoms with Gasteiger partial charge in [0.15, 0.2) is 11.0 Å². The predicted molar refractivity (Wildman–Crippen MR) is 136 cm³/mol. The van der Waals surface area contributed by atoms with E-state index in [4.69, 9.17) is 5.10 Å². The fourth-order valence-corrected chi connectivity index (χ4v) is 6.29. The quantitative estimate of drug-likeness (QED) is 0.302. The van der Waals surface area contributed by atoms with E-state index >= 15 is 0 Å². The number of rotatable bonds is 7. The van der Waals surface area contributed by atoms with Gasteiger partial charge in [0.2, 0.25) is 0 Å². The number of aromatic nitrogens is 3. The summed E-state index contributed by atoms with van der Waals surface area (Å²) in [6, 6.07) is 16.4. The molecule has 1 aromatic carbocycles. The lowest BCUT2D eigenvalue weighted by Gasteiger charge is -2.20. The third-order valence-electron chi connectivity index (χ3n) is 5.48. The Labute approximate surface area is 205 Å². The fourth-order valence-electron chi connectivity index (χ4n) is 3.91. The van der Waals surface area contributed by atoms with Crippen LogP contribution in [0.2, 0.25) is 0 Å². The van der Waals surface area contributed by atoms with E-state index in [0.717, 1.165) is 45.0 Å². The van der Waals surface area contributed by atoms with Gasteiger partial charge >= 0.3 is 0 Å². The van der Waals surface area contributed by atoms with Crippen LogP contribution in [0.1, 0.15) is 34.7 Å².